The van der Waals surface area contributed by atoms with Crippen LogP contribution in [0.3, 0.4) is 0 Å². The number of aliphatic carboxylic acids is 1. The molecular formula is C26H29ClF5N5O4. The molecular weight excluding hydrogens is 577 g/mol. The van der Waals surface area contributed by atoms with Crippen LogP contribution in [0.25, 0.3) is 0 Å². The van der Waals surface area contributed by atoms with Gasteiger partial charge in [0.15, 0.2) is 11.6 Å². The van der Waals surface area contributed by atoms with E-state index in [1.165, 1.54) is 12.1 Å². The van der Waals surface area contributed by atoms with Crippen molar-refractivity contribution < 1.29 is 41.4 Å². The van der Waals surface area contributed by atoms with Crippen molar-refractivity contribution in [3.8, 4) is 0 Å². The standard InChI is InChI=1S/C26H29ClF5N5O4/c27-16-2-5-19(20(13-16)37-11-9-36(10-12-37)8-7-26(30,31)32)35-24(39)17-3-1-15(22(28)23(17)29)14-34-21(38)6-4-18(33)25(40)41/h1-3,5,13,18H,4,6-12,14,33H2,(H,34,38)(H,35,39)(H,40,41)/t18-/m0/s1. The first kappa shape index (κ1) is 32.0. The van der Waals surface area contributed by atoms with Gasteiger partial charge in [0, 0.05) is 56.3 Å². The molecule has 1 heterocycles. The second-order valence-electron chi connectivity index (χ2n) is 9.47. The minimum absolute atomic E-state index is 0.125. The summed E-state index contributed by atoms with van der Waals surface area (Å²) in [5, 5.41) is 14.0. The average molecular weight is 606 g/mol. The average Bonchev–Trinajstić information content (AvgIpc) is 2.92. The third-order valence-electron chi connectivity index (χ3n) is 6.51. The summed E-state index contributed by atoms with van der Waals surface area (Å²) in [6.45, 7) is 0.877. The van der Waals surface area contributed by atoms with Gasteiger partial charge in [-0.3, -0.25) is 19.3 Å². The molecule has 41 heavy (non-hydrogen) atoms. The number of carbonyl (C=O) groups is 3. The Bertz CT molecular complexity index is 1270. The molecule has 2 amide bonds. The lowest BCUT2D eigenvalue weighted by atomic mass is 10.1. The van der Waals surface area contributed by atoms with Gasteiger partial charge in [-0.2, -0.15) is 13.2 Å². The number of piperazine rings is 1. The number of nitrogens with two attached hydrogens (primary N) is 1. The molecule has 224 valence electrons. The van der Waals surface area contributed by atoms with Gasteiger partial charge in [-0.1, -0.05) is 17.7 Å². The Morgan fingerprint density at radius 2 is 1.73 bits per heavy atom. The van der Waals surface area contributed by atoms with Crippen molar-refractivity contribution in [3.05, 3.63) is 58.1 Å². The zero-order chi connectivity index (χ0) is 30.3. The van der Waals surface area contributed by atoms with Gasteiger partial charge in [-0.15, -0.1) is 0 Å². The molecule has 1 fully saturated rings. The molecule has 5 N–H and O–H groups in total. The number of nitrogens with zero attached hydrogens (tertiary/aromatic N) is 2. The zero-order valence-electron chi connectivity index (χ0n) is 21.7. The number of hydrogen-bond donors (Lipinski definition) is 4. The van der Waals surface area contributed by atoms with Gasteiger partial charge in [0.1, 0.15) is 6.04 Å². The summed E-state index contributed by atoms with van der Waals surface area (Å²) >= 11 is 6.14. The monoisotopic (exact) mass is 605 g/mol. The normalized spacial score (nSPS) is 15.0. The number of anilines is 2. The fourth-order valence-electron chi connectivity index (χ4n) is 4.15. The second-order valence-corrected chi connectivity index (χ2v) is 9.91. The van der Waals surface area contributed by atoms with Crippen LogP contribution in [0.15, 0.2) is 30.3 Å². The number of nitrogens with one attached hydrogen (secondary N) is 2. The first-order valence-electron chi connectivity index (χ1n) is 12.6. The van der Waals surface area contributed by atoms with Crippen LogP contribution in [0.2, 0.25) is 5.02 Å². The van der Waals surface area contributed by atoms with Crippen molar-refractivity contribution in [2.45, 2.75) is 38.0 Å². The lowest BCUT2D eigenvalue weighted by Gasteiger charge is -2.37. The molecule has 1 aliphatic heterocycles. The lowest BCUT2D eigenvalue weighted by Crippen LogP contribution is -2.47. The number of alkyl halides is 3. The van der Waals surface area contributed by atoms with E-state index in [0.29, 0.717) is 36.9 Å². The number of hydrogen-bond acceptors (Lipinski definition) is 6. The molecule has 0 radical (unpaired) electrons. The predicted octanol–water partition coefficient (Wildman–Crippen LogP) is 3.75. The summed E-state index contributed by atoms with van der Waals surface area (Å²) < 4.78 is 67.2. The summed E-state index contributed by atoms with van der Waals surface area (Å²) in [5.74, 6) is -5.61. The third kappa shape index (κ3) is 9.26. The van der Waals surface area contributed by atoms with E-state index in [0.717, 1.165) is 12.1 Å². The van der Waals surface area contributed by atoms with E-state index < -0.39 is 60.2 Å². The maximum absolute atomic E-state index is 14.9. The van der Waals surface area contributed by atoms with Crippen molar-refractivity contribution >= 4 is 40.8 Å². The van der Waals surface area contributed by atoms with E-state index in [9.17, 15) is 36.3 Å². The summed E-state index contributed by atoms with van der Waals surface area (Å²) in [6, 6.07) is 5.51. The molecule has 2 aromatic carbocycles. The fourth-order valence-corrected chi connectivity index (χ4v) is 4.32. The fraction of sp³-hybridized carbons (Fsp3) is 0.423. The number of benzene rings is 2. The van der Waals surface area contributed by atoms with Gasteiger partial charge in [0.25, 0.3) is 5.91 Å². The van der Waals surface area contributed by atoms with E-state index in [1.54, 1.807) is 11.0 Å². The van der Waals surface area contributed by atoms with Crippen LogP contribution in [-0.4, -0.2) is 72.7 Å². The maximum Gasteiger partial charge on any atom is 0.390 e. The lowest BCUT2D eigenvalue weighted by molar-refractivity contribution is -0.139. The van der Waals surface area contributed by atoms with Gasteiger partial charge < -0.3 is 26.4 Å². The summed E-state index contributed by atoms with van der Waals surface area (Å²) in [6.07, 6.45) is -5.54. The van der Waals surface area contributed by atoms with Gasteiger partial charge in [-0.05, 0) is 30.7 Å². The van der Waals surface area contributed by atoms with Gasteiger partial charge in [0.2, 0.25) is 5.91 Å². The zero-order valence-corrected chi connectivity index (χ0v) is 22.5. The smallest absolute Gasteiger partial charge is 0.390 e. The molecule has 0 aliphatic carbocycles. The summed E-state index contributed by atoms with van der Waals surface area (Å²) in [7, 11) is 0. The van der Waals surface area contributed by atoms with E-state index in [1.807, 2.05) is 4.90 Å². The van der Waals surface area contributed by atoms with Crippen LogP contribution >= 0.6 is 11.6 Å². The van der Waals surface area contributed by atoms with Crippen molar-refractivity contribution in [2.24, 2.45) is 5.73 Å². The number of carbonyl (C=O) groups excluding carboxylic acids is 2. The highest BCUT2D eigenvalue weighted by Crippen LogP contribution is 2.31. The molecule has 15 heteroatoms. The summed E-state index contributed by atoms with van der Waals surface area (Å²) in [5.41, 5.74) is 5.23. The molecule has 0 unspecified atom stereocenters. The predicted molar refractivity (Wildman–Crippen MR) is 142 cm³/mol. The second kappa shape index (κ2) is 13.9. The molecule has 3 rings (SSSR count). The number of amides is 2. The largest absolute Gasteiger partial charge is 0.480 e. The van der Waals surface area contributed by atoms with E-state index in [2.05, 4.69) is 10.6 Å². The molecule has 0 aromatic heterocycles. The Labute approximate surface area is 237 Å². The molecule has 0 saturated carbocycles. The van der Waals surface area contributed by atoms with Crippen molar-refractivity contribution in [1.29, 1.82) is 0 Å². The first-order chi connectivity index (χ1) is 19.2. The highest BCUT2D eigenvalue weighted by Gasteiger charge is 2.29. The van der Waals surface area contributed by atoms with Crippen LogP contribution in [0, 0.1) is 11.6 Å². The highest BCUT2D eigenvalue weighted by molar-refractivity contribution is 6.31. The van der Waals surface area contributed by atoms with E-state index in [4.69, 9.17) is 22.4 Å². The molecule has 1 aliphatic rings. The number of rotatable bonds is 11. The van der Waals surface area contributed by atoms with Crippen LogP contribution in [-0.2, 0) is 16.1 Å². The van der Waals surface area contributed by atoms with E-state index >= 15 is 0 Å². The minimum atomic E-state index is -4.25. The van der Waals surface area contributed by atoms with Crippen LogP contribution < -0.4 is 21.3 Å². The van der Waals surface area contributed by atoms with Crippen LogP contribution in [0.4, 0.5) is 33.3 Å². The number of halogens is 6. The van der Waals surface area contributed by atoms with Crippen molar-refractivity contribution in [3.63, 3.8) is 0 Å². The van der Waals surface area contributed by atoms with Crippen molar-refractivity contribution in [2.75, 3.05) is 42.9 Å². The molecule has 0 bridgehead atoms. The number of carboxylic acid groups (broad SMARTS) is 1. The van der Waals surface area contributed by atoms with Crippen LogP contribution in [0.5, 0.6) is 0 Å². The highest BCUT2D eigenvalue weighted by atomic mass is 35.5. The first-order valence-corrected chi connectivity index (χ1v) is 13.0. The Kier molecular flexibility index (Phi) is 10.9. The van der Waals surface area contributed by atoms with Gasteiger partial charge in [0.05, 0.1) is 23.4 Å². The van der Waals surface area contributed by atoms with Gasteiger partial charge in [-0.25, -0.2) is 8.78 Å². The molecule has 0 spiro atoms. The maximum atomic E-state index is 14.9. The van der Waals surface area contributed by atoms with Crippen molar-refractivity contribution in [1.82, 2.24) is 10.2 Å². The Morgan fingerprint density at radius 3 is 2.37 bits per heavy atom. The Balaban J connectivity index is 1.65. The Hall–Kier alpha value is -3.49. The van der Waals surface area contributed by atoms with E-state index in [-0.39, 0.29) is 30.6 Å². The molecule has 1 saturated heterocycles. The topological polar surface area (TPSA) is 128 Å². The summed E-state index contributed by atoms with van der Waals surface area (Å²) in [4.78, 5) is 39.0. The SMILES string of the molecule is N[C@@H](CCC(=O)NCc1ccc(C(=O)Nc2ccc(Cl)cc2N2CCN(CCC(F)(F)F)CC2)c(F)c1F)C(=O)O. The number of carboxylic acids is 1. The van der Waals surface area contributed by atoms with Crippen LogP contribution in [0.1, 0.15) is 35.2 Å². The Morgan fingerprint density at radius 1 is 1.05 bits per heavy atom. The minimum Gasteiger partial charge on any atom is -0.480 e. The molecule has 9 nitrogen and oxygen atoms in total. The quantitative estimate of drug-likeness (QED) is 0.287. The van der Waals surface area contributed by atoms with Gasteiger partial charge >= 0.3 is 12.1 Å². The molecule has 1 atom stereocenters. The third-order valence-corrected chi connectivity index (χ3v) is 6.75. The molecule has 2 aromatic rings.